The van der Waals surface area contributed by atoms with Crippen LogP contribution in [0.5, 0.6) is 0 Å². The summed E-state index contributed by atoms with van der Waals surface area (Å²) < 4.78 is 5.44. The van der Waals surface area contributed by atoms with Gasteiger partial charge in [-0.3, -0.25) is 0 Å². The van der Waals surface area contributed by atoms with Crippen LogP contribution in [-0.2, 0) is 4.43 Å². The SMILES string of the molecule is CCC[Si]OCC=Cc1ccccc1. The topological polar surface area (TPSA) is 9.23 Å². The summed E-state index contributed by atoms with van der Waals surface area (Å²) in [7, 11) is 0.649. The Morgan fingerprint density at radius 3 is 2.79 bits per heavy atom. The maximum Gasteiger partial charge on any atom is 0.230 e. The minimum absolute atomic E-state index is 0.649. The smallest absolute Gasteiger partial charge is 0.230 e. The lowest BCUT2D eigenvalue weighted by Crippen LogP contribution is -1.96. The van der Waals surface area contributed by atoms with Crippen molar-refractivity contribution in [2.75, 3.05) is 6.61 Å². The Morgan fingerprint density at radius 1 is 1.29 bits per heavy atom. The molecule has 0 aliphatic heterocycles. The Balaban J connectivity index is 2.15. The number of hydrogen-bond acceptors (Lipinski definition) is 1. The molecule has 0 amide bonds. The molecule has 1 aromatic rings. The van der Waals surface area contributed by atoms with E-state index in [1.54, 1.807) is 0 Å². The summed E-state index contributed by atoms with van der Waals surface area (Å²) in [5.41, 5.74) is 1.23. The van der Waals surface area contributed by atoms with Crippen LogP contribution < -0.4 is 0 Å². The first-order chi connectivity index (χ1) is 6.93. The lowest BCUT2D eigenvalue weighted by atomic mass is 10.2. The molecule has 2 radical (unpaired) electrons. The second-order valence-corrected chi connectivity index (χ2v) is 4.10. The van der Waals surface area contributed by atoms with Crippen molar-refractivity contribution >= 4 is 15.8 Å². The Hall–Kier alpha value is -0.863. The van der Waals surface area contributed by atoms with Gasteiger partial charge in [0.2, 0.25) is 9.76 Å². The van der Waals surface area contributed by atoms with E-state index in [-0.39, 0.29) is 0 Å². The molecule has 0 aliphatic rings. The molecule has 1 rings (SSSR count). The van der Waals surface area contributed by atoms with E-state index in [0.717, 1.165) is 6.61 Å². The van der Waals surface area contributed by atoms with Crippen molar-refractivity contribution in [2.24, 2.45) is 0 Å². The maximum absolute atomic E-state index is 5.44. The van der Waals surface area contributed by atoms with Crippen molar-refractivity contribution in [2.45, 2.75) is 19.4 Å². The molecule has 14 heavy (non-hydrogen) atoms. The summed E-state index contributed by atoms with van der Waals surface area (Å²) in [6.45, 7) is 2.91. The van der Waals surface area contributed by atoms with E-state index in [1.807, 2.05) is 18.2 Å². The Labute approximate surface area is 88.7 Å². The summed E-state index contributed by atoms with van der Waals surface area (Å²) >= 11 is 0. The fourth-order valence-corrected chi connectivity index (χ4v) is 1.59. The van der Waals surface area contributed by atoms with Crippen LogP contribution in [0.4, 0.5) is 0 Å². The van der Waals surface area contributed by atoms with E-state index in [2.05, 4.69) is 31.2 Å². The first kappa shape index (κ1) is 11.2. The molecule has 74 valence electrons. The molecular weight excluding hydrogens is 188 g/mol. The third-order valence-corrected chi connectivity index (χ3v) is 2.82. The third kappa shape index (κ3) is 4.99. The number of rotatable bonds is 6. The summed E-state index contributed by atoms with van der Waals surface area (Å²) in [6, 6.07) is 11.5. The Kier molecular flexibility index (Phi) is 6.03. The van der Waals surface area contributed by atoms with Crippen LogP contribution in [0.3, 0.4) is 0 Å². The van der Waals surface area contributed by atoms with Crippen molar-refractivity contribution in [3.8, 4) is 0 Å². The summed E-state index contributed by atoms with van der Waals surface area (Å²) in [6.07, 6.45) is 5.37. The predicted octanol–water partition coefficient (Wildman–Crippen LogP) is 3.16. The fraction of sp³-hybridized carbons (Fsp3) is 0.333. The van der Waals surface area contributed by atoms with E-state index in [0.29, 0.717) is 9.76 Å². The quantitative estimate of drug-likeness (QED) is 0.511. The molecule has 1 aromatic carbocycles. The van der Waals surface area contributed by atoms with Gasteiger partial charge >= 0.3 is 0 Å². The van der Waals surface area contributed by atoms with Crippen LogP contribution in [-0.4, -0.2) is 16.4 Å². The van der Waals surface area contributed by atoms with Gasteiger partial charge in [0.1, 0.15) is 0 Å². The molecule has 0 unspecified atom stereocenters. The molecule has 0 fully saturated rings. The zero-order chi connectivity index (χ0) is 10.1. The predicted molar refractivity (Wildman–Crippen MR) is 62.3 cm³/mol. The minimum Gasteiger partial charge on any atom is -0.414 e. The molecule has 0 bridgehead atoms. The largest absolute Gasteiger partial charge is 0.414 e. The van der Waals surface area contributed by atoms with E-state index in [4.69, 9.17) is 4.43 Å². The number of benzene rings is 1. The van der Waals surface area contributed by atoms with Gasteiger partial charge in [-0.2, -0.15) is 0 Å². The Bertz CT molecular complexity index is 256. The fourth-order valence-electron chi connectivity index (χ4n) is 1.03. The summed E-state index contributed by atoms with van der Waals surface area (Å²) in [4.78, 5) is 0. The molecule has 0 aliphatic carbocycles. The van der Waals surface area contributed by atoms with Crippen molar-refractivity contribution in [3.63, 3.8) is 0 Å². The minimum atomic E-state index is 0.649. The van der Waals surface area contributed by atoms with Crippen molar-refractivity contribution < 1.29 is 4.43 Å². The van der Waals surface area contributed by atoms with Crippen molar-refractivity contribution in [1.82, 2.24) is 0 Å². The first-order valence-corrected chi connectivity index (χ1v) is 6.11. The van der Waals surface area contributed by atoms with E-state index >= 15 is 0 Å². The van der Waals surface area contributed by atoms with Gasteiger partial charge in [-0.1, -0.05) is 55.8 Å². The monoisotopic (exact) mass is 204 g/mol. The molecule has 0 N–H and O–H groups in total. The highest BCUT2D eigenvalue weighted by Gasteiger charge is 1.86. The van der Waals surface area contributed by atoms with E-state index in [1.165, 1.54) is 18.0 Å². The van der Waals surface area contributed by atoms with Crippen LogP contribution in [0.15, 0.2) is 36.4 Å². The molecule has 0 aromatic heterocycles. The van der Waals surface area contributed by atoms with Crippen molar-refractivity contribution in [1.29, 1.82) is 0 Å². The van der Waals surface area contributed by atoms with E-state index < -0.39 is 0 Å². The van der Waals surface area contributed by atoms with E-state index in [9.17, 15) is 0 Å². The zero-order valence-corrected chi connectivity index (χ0v) is 9.57. The lowest BCUT2D eigenvalue weighted by Gasteiger charge is -1.96. The second-order valence-electron chi connectivity index (χ2n) is 3.02. The highest BCUT2D eigenvalue weighted by atomic mass is 28.2. The summed E-state index contributed by atoms with van der Waals surface area (Å²) in [5.74, 6) is 0. The van der Waals surface area contributed by atoms with Crippen LogP contribution >= 0.6 is 0 Å². The normalized spacial score (nSPS) is 10.9. The highest BCUT2D eigenvalue weighted by Crippen LogP contribution is 2.00. The standard InChI is InChI=1S/C12H16OSi/c1-2-11-14-13-10-6-9-12-7-4-3-5-8-12/h3-9H,2,10-11H2,1H3. The molecule has 0 atom stereocenters. The second kappa shape index (κ2) is 7.53. The van der Waals surface area contributed by atoms with Gasteiger partial charge in [-0.25, -0.2) is 0 Å². The van der Waals surface area contributed by atoms with Crippen molar-refractivity contribution in [3.05, 3.63) is 42.0 Å². The van der Waals surface area contributed by atoms with Crippen LogP contribution in [0.2, 0.25) is 6.04 Å². The zero-order valence-electron chi connectivity index (χ0n) is 8.57. The average Bonchev–Trinajstić information content (AvgIpc) is 2.25. The highest BCUT2D eigenvalue weighted by molar-refractivity contribution is 6.26. The van der Waals surface area contributed by atoms with Crippen LogP contribution in [0.25, 0.3) is 6.08 Å². The molecule has 1 nitrogen and oxygen atoms in total. The van der Waals surface area contributed by atoms with Gasteiger partial charge in [-0.05, 0) is 11.6 Å². The molecular formula is C12H16OSi. The van der Waals surface area contributed by atoms with Gasteiger partial charge in [0.05, 0.1) is 6.61 Å². The Morgan fingerprint density at radius 2 is 2.07 bits per heavy atom. The molecule has 0 heterocycles. The lowest BCUT2D eigenvalue weighted by molar-refractivity contribution is 0.385. The van der Waals surface area contributed by atoms with Gasteiger partial charge in [0.15, 0.2) is 0 Å². The van der Waals surface area contributed by atoms with Gasteiger partial charge in [0.25, 0.3) is 0 Å². The maximum atomic E-state index is 5.44. The van der Waals surface area contributed by atoms with Crippen LogP contribution in [0, 0.1) is 0 Å². The van der Waals surface area contributed by atoms with Gasteiger partial charge in [0, 0.05) is 0 Å². The van der Waals surface area contributed by atoms with Crippen LogP contribution in [0.1, 0.15) is 18.9 Å². The molecule has 2 heteroatoms. The molecule has 0 saturated carbocycles. The first-order valence-electron chi connectivity index (χ1n) is 4.99. The van der Waals surface area contributed by atoms with Gasteiger partial charge < -0.3 is 4.43 Å². The molecule has 0 spiro atoms. The number of hydrogen-bond donors (Lipinski definition) is 0. The van der Waals surface area contributed by atoms with Gasteiger partial charge in [-0.15, -0.1) is 0 Å². The third-order valence-electron chi connectivity index (χ3n) is 1.74. The average molecular weight is 204 g/mol. The summed E-state index contributed by atoms with van der Waals surface area (Å²) in [5, 5.41) is 0. The molecule has 0 saturated heterocycles.